The third-order valence-corrected chi connectivity index (χ3v) is 7.90. The van der Waals surface area contributed by atoms with E-state index in [1.807, 2.05) is 41.3 Å². The highest BCUT2D eigenvalue weighted by Crippen LogP contribution is 2.41. The molecule has 2 aromatic heterocycles. The molecule has 5 rings (SSSR count). The number of thioether (sulfide) groups is 1. The van der Waals surface area contributed by atoms with Crippen LogP contribution in [0.4, 0.5) is 5.82 Å². The number of hydrazine groups is 1. The van der Waals surface area contributed by atoms with Crippen molar-refractivity contribution in [2.24, 2.45) is 4.99 Å². The van der Waals surface area contributed by atoms with E-state index in [2.05, 4.69) is 15.4 Å². The Labute approximate surface area is 214 Å². The Hall–Kier alpha value is -1.89. The van der Waals surface area contributed by atoms with Crippen molar-refractivity contribution in [2.45, 2.75) is 62.0 Å². The van der Waals surface area contributed by atoms with Gasteiger partial charge in [0, 0.05) is 43.0 Å². The highest BCUT2D eigenvalue weighted by Gasteiger charge is 2.47. The zero-order chi connectivity index (χ0) is 24.1. The minimum absolute atomic E-state index is 0.152. The van der Waals surface area contributed by atoms with Crippen molar-refractivity contribution in [3.05, 3.63) is 36.3 Å². The minimum Gasteiger partial charge on any atom is -0.451 e. The Morgan fingerprint density at radius 2 is 2.14 bits per heavy atom. The standard InChI is InChI=1S/C24H31N5O4S2/c1-17-19(7-6-10-25-17)32-20-13-18(34-12-11-30-2)14-26-22(20)28-29-23(27-16-35-29)21-15-31-24(33-21)8-4-3-5-9-24/h6-7,10,13-14,16,21,23H,3-5,8-9,11-12,15H2,1-2H3,(H,26,28)/t21-,23?/m1/s1. The lowest BCUT2D eigenvalue weighted by Gasteiger charge is -2.33. The van der Waals surface area contributed by atoms with Crippen LogP contribution >= 0.6 is 23.7 Å². The quantitative estimate of drug-likeness (QED) is 0.277. The van der Waals surface area contributed by atoms with Crippen LogP contribution in [0.2, 0.25) is 0 Å². The highest BCUT2D eigenvalue weighted by atomic mass is 32.2. The number of aryl methyl sites for hydroxylation is 1. The first-order valence-electron chi connectivity index (χ1n) is 11.9. The number of methoxy groups -OCH3 is 1. The Kier molecular flexibility index (Phi) is 8.11. The van der Waals surface area contributed by atoms with E-state index in [4.69, 9.17) is 23.9 Å². The van der Waals surface area contributed by atoms with Gasteiger partial charge in [-0.05, 0) is 49.9 Å². The minimum atomic E-state index is -0.442. The molecule has 0 aromatic carbocycles. The van der Waals surface area contributed by atoms with Crippen LogP contribution in [-0.2, 0) is 14.2 Å². The summed E-state index contributed by atoms with van der Waals surface area (Å²) in [6, 6.07) is 5.75. The molecule has 2 aromatic rings. The molecule has 1 saturated carbocycles. The molecule has 9 nitrogen and oxygen atoms in total. The van der Waals surface area contributed by atoms with E-state index >= 15 is 0 Å². The van der Waals surface area contributed by atoms with Crippen molar-refractivity contribution in [1.29, 1.82) is 0 Å². The Balaban J connectivity index is 1.33. The van der Waals surface area contributed by atoms with Crippen molar-refractivity contribution in [3.8, 4) is 11.5 Å². The molecule has 3 aliphatic rings. The maximum absolute atomic E-state index is 6.45. The number of hydrogen-bond acceptors (Lipinski definition) is 11. The van der Waals surface area contributed by atoms with Gasteiger partial charge in [0.2, 0.25) is 0 Å². The van der Waals surface area contributed by atoms with E-state index in [0.29, 0.717) is 30.5 Å². The Morgan fingerprint density at radius 3 is 2.97 bits per heavy atom. The number of anilines is 1. The third-order valence-electron chi connectivity index (χ3n) is 6.22. The van der Waals surface area contributed by atoms with Crippen molar-refractivity contribution < 1.29 is 18.9 Å². The van der Waals surface area contributed by atoms with Crippen LogP contribution in [0.25, 0.3) is 0 Å². The molecule has 1 unspecified atom stereocenters. The van der Waals surface area contributed by atoms with Crippen molar-refractivity contribution >= 4 is 35.1 Å². The molecule has 188 valence electrons. The molecule has 0 amide bonds. The zero-order valence-corrected chi connectivity index (χ0v) is 21.6. The molecule has 0 radical (unpaired) electrons. The fourth-order valence-corrected chi connectivity index (χ4v) is 5.93. The topological polar surface area (TPSA) is 90.3 Å². The van der Waals surface area contributed by atoms with E-state index in [9.17, 15) is 0 Å². The van der Waals surface area contributed by atoms with Crippen molar-refractivity contribution in [1.82, 2.24) is 14.4 Å². The SMILES string of the molecule is COCCSc1cnc(NN2SC=NC2[C@H]2COC3(CCCCC3)O2)c(Oc2cccnc2C)c1. The van der Waals surface area contributed by atoms with Gasteiger partial charge in [0.1, 0.15) is 11.9 Å². The average molecular weight is 518 g/mol. The van der Waals surface area contributed by atoms with Gasteiger partial charge in [-0.1, -0.05) is 6.42 Å². The molecular formula is C24H31N5O4S2. The summed E-state index contributed by atoms with van der Waals surface area (Å²) in [5.41, 5.74) is 6.04. The van der Waals surface area contributed by atoms with Gasteiger partial charge in [-0.2, -0.15) is 0 Å². The van der Waals surface area contributed by atoms with Gasteiger partial charge >= 0.3 is 0 Å². The van der Waals surface area contributed by atoms with Gasteiger partial charge < -0.3 is 18.9 Å². The van der Waals surface area contributed by atoms with Gasteiger partial charge in [0.15, 0.2) is 23.5 Å². The third kappa shape index (κ3) is 5.92. The predicted octanol–water partition coefficient (Wildman–Crippen LogP) is 5.04. The normalized spacial score (nSPS) is 23.7. The fourth-order valence-electron chi connectivity index (χ4n) is 4.39. The summed E-state index contributed by atoms with van der Waals surface area (Å²) in [7, 11) is 1.70. The summed E-state index contributed by atoms with van der Waals surface area (Å²) in [6.07, 6.45) is 8.65. The molecule has 4 heterocycles. The van der Waals surface area contributed by atoms with Crippen LogP contribution < -0.4 is 10.2 Å². The molecule has 1 spiro atoms. The molecule has 2 fully saturated rings. The Bertz CT molecular complexity index is 1040. The zero-order valence-electron chi connectivity index (χ0n) is 20.0. The van der Waals surface area contributed by atoms with E-state index in [1.165, 1.54) is 18.4 Å². The molecule has 1 aliphatic carbocycles. The number of nitrogens with one attached hydrogen (secondary N) is 1. The number of ether oxygens (including phenoxy) is 4. The number of aliphatic imine (C=N–C) groups is 1. The molecule has 35 heavy (non-hydrogen) atoms. The smallest absolute Gasteiger partial charge is 0.184 e. The lowest BCUT2D eigenvalue weighted by Crippen LogP contribution is -2.42. The first-order valence-corrected chi connectivity index (χ1v) is 13.8. The summed E-state index contributed by atoms with van der Waals surface area (Å²) in [5, 5.41) is 0. The van der Waals surface area contributed by atoms with Crippen LogP contribution in [0, 0.1) is 6.92 Å². The molecule has 2 atom stereocenters. The molecular weight excluding hydrogens is 486 g/mol. The lowest BCUT2D eigenvalue weighted by molar-refractivity contribution is -0.190. The number of hydrogen-bond donors (Lipinski definition) is 1. The maximum Gasteiger partial charge on any atom is 0.184 e. The van der Waals surface area contributed by atoms with Crippen molar-refractivity contribution in [2.75, 3.05) is 31.5 Å². The van der Waals surface area contributed by atoms with Crippen LogP contribution in [0.15, 0.2) is 40.5 Å². The van der Waals surface area contributed by atoms with Gasteiger partial charge in [-0.15, -0.1) is 16.2 Å². The summed E-state index contributed by atoms with van der Waals surface area (Å²) < 4.78 is 26.0. The highest BCUT2D eigenvalue weighted by molar-refractivity contribution is 8.10. The summed E-state index contributed by atoms with van der Waals surface area (Å²) in [4.78, 5) is 14.7. The second kappa shape index (κ2) is 11.4. The van der Waals surface area contributed by atoms with Gasteiger partial charge in [-0.3, -0.25) is 15.4 Å². The van der Waals surface area contributed by atoms with Crippen LogP contribution in [0.3, 0.4) is 0 Å². The van der Waals surface area contributed by atoms with Crippen LogP contribution in [0.1, 0.15) is 37.8 Å². The molecule has 1 saturated heterocycles. The largest absolute Gasteiger partial charge is 0.451 e. The second-order valence-corrected chi connectivity index (χ2v) is 10.7. The summed E-state index contributed by atoms with van der Waals surface area (Å²) in [6.45, 7) is 3.12. The van der Waals surface area contributed by atoms with E-state index in [1.54, 1.807) is 25.1 Å². The monoisotopic (exact) mass is 517 g/mol. The van der Waals surface area contributed by atoms with Crippen LogP contribution in [0.5, 0.6) is 11.5 Å². The maximum atomic E-state index is 6.45. The molecule has 0 bridgehead atoms. The van der Waals surface area contributed by atoms with Gasteiger partial charge in [0.25, 0.3) is 0 Å². The van der Waals surface area contributed by atoms with Crippen molar-refractivity contribution in [3.63, 3.8) is 0 Å². The van der Waals surface area contributed by atoms with Crippen LogP contribution in [-0.4, -0.2) is 64.1 Å². The van der Waals surface area contributed by atoms with Gasteiger partial charge in [0.05, 0.1) is 24.5 Å². The number of aromatic nitrogens is 2. The molecule has 1 N–H and O–H groups in total. The van der Waals surface area contributed by atoms with E-state index in [-0.39, 0.29) is 12.3 Å². The van der Waals surface area contributed by atoms with E-state index in [0.717, 1.165) is 42.0 Å². The first-order chi connectivity index (χ1) is 17.2. The second-order valence-electron chi connectivity index (χ2n) is 8.70. The van der Waals surface area contributed by atoms with E-state index < -0.39 is 5.79 Å². The number of pyridine rings is 2. The molecule has 2 aliphatic heterocycles. The van der Waals surface area contributed by atoms with Gasteiger partial charge in [-0.25, -0.2) is 4.98 Å². The fraction of sp³-hybridized carbons (Fsp3) is 0.542. The number of nitrogens with zero attached hydrogens (tertiary/aromatic N) is 4. The first kappa shape index (κ1) is 24.8. The predicted molar refractivity (Wildman–Crippen MR) is 138 cm³/mol. The average Bonchev–Trinajstić information content (AvgIpc) is 3.50. The summed E-state index contributed by atoms with van der Waals surface area (Å²) >= 11 is 3.14. The summed E-state index contributed by atoms with van der Waals surface area (Å²) in [5.74, 6) is 2.28. The molecule has 11 heteroatoms. The number of rotatable bonds is 9. The lowest BCUT2D eigenvalue weighted by atomic mass is 9.94. The Morgan fingerprint density at radius 1 is 1.26 bits per heavy atom.